The van der Waals surface area contributed by atoms with E-state index in [4.69, 9.17) is 22.1 Å². The molecule has 4 amide bonds. The molecule has 3 aromatic rings. The first kappa shape index (κ1) is 31.9. The third-order valence-corrected chi connectivity index (χ3v) is 8.51. The lowest BCUT2D eigenvalue weighted by Gasteiger charge is -2.39. The Labute approximate surface area is 256 Å². The van der Waals surface area contributed by atoms with E-state index in [1.54, 1.807) is 19.9 Å². The van der Waals surface area contributed by atoms with E-state index < -0.39 is 41.4 Å². The zero-order valence-corrected chi connectivity index (χ0v) is 25.7. The summed E-state index contributed by atoms with van der Waals surface area (Å²) < 4.78 is 5.39. The topological polar surface area (TPSA) is 155 Å². The number of benzene rings is 2. The smallest absolute Gasteiger partial charge is 0.408 e. The van der Waals surface area contributed by atoms with Gasteiger partial charge >= 0.3 is 6.09 Å². The molecule has 2 aromatic carbocycles. The van der Waals surface area contributed by atoms with Crippen molar-refractivity contribution in [2.45, 2.75) is 77.6 Å². The van der Waals surface area contributed by atoms with Crippen molar-refractivity contribution in [1.82, 2.24) is 20.9 Å². The van der Waals surface area contributed by atoms with Gasteiger partial charge in [0.15, 0.2) is 0 Å². The van der Waals surface area contributed by atoms with Crippen LogP contribution in [0.1, 0.15) is 57.4 Å². The van der Waals surface area contributed by atoms with Crippen LogP contribution in [0.25, 0.3) is 10.9 Å². The Hall–Kier alpha value is -4.05. The fraction of sp³-hybridized carbons (Fsp3) is 0.438. The second-order valence-electron chi connectivity index (χ2n) is 11.7. The summed E-state index contributed by atoms with van der Waals surface area (Å²) in [7, 11) is 0. The van der Waals surface area contributed by atoms with Crippen LogP contribution in [-0.2, 0) is 38.6 Å². The highest BCUT2D eigenvalue weighted by Crippen LogP contribution is 2.36. The molecule has 0 bridgehead atoms. The number of H-pyrrole nitrogens is 1. The number of ether oxygens (including phenoxy) is 1. The van der Waals surface area contributed by atoms with Crippen LogP contribution in [-0.4, -0.2) is 46.4 Å². The first-order valence-electron chi connectivity index (χ1n) is 14.6. The predicted molar refractivity (Wildman–Crippen MR) is 165 cm³/mol. The Morgan fingerprint density at radius 1 is 1.05 bits per heavy atom. The predicted octanol–water partition coefficient (Wildman–Crippen LogP) is 4.13. The lowest BCUT2D eigenvalue weighted by Crippen LogP contribution is -2.67. The highest BCUT2D eigenvalue weighted by Gasteiger charge is 2.46. The zero-order chi connectivity index (χ0) is 31.3. The summed E-state index contributed by atoms with van der Waals surface area (Å²) in [6, 6.07) is 12.8. The molecule has 0 aliphatic heterocycles. The maximum atomic E-state index is 14.1. The van der Waals surface area contributed by atoms with Crippen LogP contribution in [0.5, 0.6) is 0 Å². The number of nitrogens with one attached hydrogen (secondary N) is 4. The highest BCUT2D eigenvalue weighted by molar-refractivity contribution is 6.31. The summed E-state index contributed by atoms with van der Waals surface area (Å²) in [4.78, 5) is 56.5. The minimum atomic E-state index is -1.43. The van der Waals surface area contributed by atoms with Crippen molar-refractivity contribution in [3.63, 3.8) is 0 Å². The second kappa shape index (κ2) is 13.5. The van der Waals surface area contributed by atoms with Crippen LogP contribution in [0.2, 0.25) is 5.02 Å². The van der Waals surface area contributed by atoms with Crippen LogP contribution < -0.4 is 21.7 Å². The molecule has 4 rings (SSSR count). The molecule has 1 heterocycles. The Balaban J connectivity index is 1.63. The molecule has 0 saturated heterocycles. The number of aromatic amines is 1. The average molecular weight is 610 g/mol. The summed E-state index contributed by atoms with van der Waals surface area (Å²) in [6.45, 7) is 7.37. The Bertz CT molecular complexity index is 1490. The van der Waals surface area contributed by atoms with Crippen LogP contribution in [0.3, 0.4) is 0 Å². The van der Waals surface area contributed by atoms with Gasteiger partial charge in [0.1, 0.15) is 24.2 Å². The molecule has 0 saturated carbocycles. The zero-order valence-electron chi connectivity index (χ0n) is 25.0. The quantitative estimate of drug-likeness (QED) is 0.221. The van der Waals surface area contributed by atoms with Gasteiger partial charge in [-0.05, 0) is 54.0 Å². The van der Waals surface area contributed by atoms with Crippen molar-refractivity contribution in [2.75, 3.05) is 0 Å². The lowest BCUT2D eigenvalue weighted by molar-refractivity contribution is -0.137. The van der Waals surface area contributed by atoms with Gasteiger partial charge in [-0.2, -0.15) is 0 Å². The van der Waals surface area contributed by atoms with Crippen LogP contribution in [0, 0.1) is 11.8 Å². The maximum absolute atomic E-state index is 14.1. The molecule has 6 N–H and O–H groups in total. The van der Waals surface area contributed by atoms with E-state index in [9.17, 15) is 19.2 Å². The van der Waals surface area contributed by atoms with Crippen molar-refractivity contribution in [3.05, 3.63) is 70.4 Å². The minimum Gasteiger partial charge on any atom is -0.445 e. The first-order valence-corrected chi connectivity index (χ1v) is 15.0. The summed E-state index contributed by atoms with van der Waals surface area (Å²) >= 11 is 6.31. The van der Waals surface area contributed by atoms with Crippen LogP contribution >= 0.6 is 11.6 Å². The van der Waals surface area contributed by atoms with Gasteiger partial charge < -0.3 is 31.4 Å². The molecule has 10 nitrogen and oxygen atoms in total. The van der Waals surface area contributed by atoms with Gasteiger partial charge in [-0.1, -0.05) is 76.0 Å². The fourth-order valence-electron chi connectivity index (χ4n) is 5.53. The molecule has 1 aliphatic carbocycles. The van der Waals surface area contributed by atoms with Crippen molar-refractivity contribution < 1.29 is 23.9 Å². The molecule has 0 spiro atoms. The SMILES string of the molecule is CC[C@H](C)[C@H](NC(=O)OCc1ccccc1)C(=O)N[C@@]1(C(=O)N[C@H](C(N)=O)C(C)C)CCc2[nH]c3ccc(Cl)cc3c2C1. The summed E-state index contributed by atoms with van der Waals surface area (Å²) in [5.74, 6) is -2.25. The number of nitrogens with two attached hydrogens (primary N) is 1. The van der Waals surface area contributed by atoms with Crippen molar-refractivity contribution in [1.29, 1.82) is 0 Å². The first-order chi connectivity index (χ1) is 20.4. The maximum Gasteiger partial charge on any atom is 0.408 e. The monoisotopic (exact) mass is 609 g/mol. The molecule has 230 valence electrons. The molecular formula is C32H40ClN5O5. The molecule has 0 radical (unpaired) electrons. The Kier molecular flexibility index (Phi) is 10.0. The molecule has 4 atom stereocenters. The van der Waals surface area contributed by atoms with Crippen molar-refractivity contribution >= 4 is 46.3 Å². The van der Waals surface area contributed by atoms with E-state index >= 15 is 0 Å². The largest absolute Gasteiger partial charge is 0.445 e. The summed E-state index contributed by atoms with van der Waals surface area (Å²) in [5, 5.41) is 9.90. The van der Waals surface area contributed by atoms with E-state index in [1.165, 1.54) is 0 Å². The number of alkyl carbamates (subject to hydrolysis) is 1. The van der Waals surface area contributed by atoms with Crippen molar-refractivity contribution in [2.24, 2.45) is 17.6 Å². The van der Waals surface area contributed by atoms with E-state index in [0.29, 0.717) is 17.9 Å². The lowest BCUT2D eigenvalue weighted by atomic mass is 9.78. The van der Waals surface area contributed by atoms with E-state index in [1.807, 2.05) is 56.3 Å². The molecule has 1 aliphatic rings. The number of aryl methyl sites for hydroxylation is 1. The number of fused-ring (bicyclic) bond motifs is 3. The van der Waals surface area contributed by atoms with Gasteiger partial charge in [0, 0.05) is 28.0 Å². The van der Waals surface area contributed by atoms with E-state index in [0.717, 1.165) is 27.7 Å². The number of halogens is 1. The minimum absolute atomic E-state index is 0.0451. The Morgan fingerprint density at radius 2 is 1.77 bits per heavy atom. The standard InChI is InChI=1S/C32H40ClN5O5/c1-5-19(4)27(37-31(42)43-17-20-9-7-6-8-10-20)29(40)38-32(30(41)36-26(18(2)3)28(34)39)14-13-25-23(16-32)22-15-21(33)11-12-24(22)35-25/h6-12,15,18-19,26-27,35H,5,13-14,16-17H2,1-4H3,(H2,34,39)(H,36,41)(H,37,42)(H,38,40)/t19-,26-,27-,32-/m0/s1. The van der Waals surface area contributed by atoms with Gasteiger partial charge in [0.25, 0.3) is 0 Å². The van der Waals surface area contributed by atoms with E-state index in [-0.39, 0.29) is 31.3 Å². The third kappa shape index (κ3) is 7.30. The van der Waals surface area contributed by atoms with Crippen LogP contribution in [0.15, 0.2) is 48.5 Å². The number of hydrogen-bond acceptors (Lipinski definition) is 5. The number of primary amides is 1. The average Bonchev–Trinajstić information content (AvgIpc) is 3.33. The van der Waals surface area contributed by atoms with Gasteiger partial charge in [0.2, 0.25) is 17.7 Å². The fourth-order valence-corrected chi connectivity index (χ4v) is 5.70. The van der Waals surface area contributed by atoms with Crippen LogP contribution in [0.4, 0.5) is 4.79 Å². The summed E-state index contributed by atoms with van der Waals surface area (Å²) in [6.07, 6.45) is 0.703. The summed E-state index contributed by atoms with van der Waals surface area (Å²) in [5.41, 5.74) is 7.68. The molecular weight excluding hydrogens is 570 g/mol. The Morgan fingerprint density at radius 3 is 2.42 bits per heavy atom. The molecule has 0 unspecified atom stereocenters. The molecule has 11 heteroatoms. The molecule has 1 aromatic heterocycles. The number of amides is 4. The third-order valence-electron chi connectivity index (χ3n) is 8.28. The highest BCUT2D eigenvalue weighted by atomic mass is 35.5. The number of carbonyl (C=O) groups is 4. The van der Waals surface area contributed by atoms with E-state index in [2.05, 4.69) is 20.9 Å². The van der Waals surface area contributed by atoms with Gasteiger partial charge in [-0.25, -0.2) is 4.79 Å². The number of carbonyl (C=O) groups excluding carboxylic acids is 4. The van der Waals surface area contributed by atoms with Gasteiger partial charge in [0.05, 0.1) is 0 Å². The molecule has 0 fully saturated rings. The number of rotatable bonds is 11. The van der Waals surface area contributed by atoms with Crippen molar-refractivity contribution in [3.8, 4) is 0 Å². The van der Waals surface area contributed by atoms with Gasteiger partial charge in [-0.3, -0.25) is 14.4 Å². The number of aromatic nitrogens is 1. The van der Waals surface area contributed by atoms with Gasteiger partial charge in [-0.15, -0.1) is 0 Å². The number of hydrogen-bond donors (Lipinski definition) is 5. The second-order valence-corrected chi connectivity index (χ2v) is 12.1. The molecule has 43 heavy (non-hydrogen) atoms. The normalized spacial score (nSPS) is 18.3.